The maximum absolute atomic E-state index is 12.1. The molecule has 20 heavy (non-hydrogen) atoms. The predicted octanol–water partition coefficient (Wildman–Crippen LogP) is 0.990. The molecular formula is C12H24N2O4S2. The van der Waals surface area contributed by atoms with Gasteiger partial charge in [-0.1, -0.05) is 0 Å². The average molecular weight is 324 g/mol. The van der Waals surface area contributed by atoms with Gasteiger partial charge in [0, 0.05) is 24.9 Å². The molecule has 0 amide bonds. The Bertz CT molecular complexity index is 406. The summed E-state index contributed by atoms with van der Waals surface area (Å²) in [4.78, 5) is 11.0. The number of thioether (sulfide) groups is 1. The van der Waals surface area contributed by atoms with Gasteiger partial charge in [-0.2, -0.15) is 29.2 Å². The first-order chi connectivity index (χ1) is 9.39. The summed E-state index contributed by atoms with van der Waals surface area (Å²) >= 11 is 1.85. The Morgan fingerprint density at radius 3 is 2.45 bits per heavy atom. The molecule has 1 aliphatic carbocycles. The van der Waals surface area contributed by atoms with Crippen molar-refractivity contribution >= 4 is 27.9 Å². The standard InChI is InChI=1S/C12H24N2O4S2/c1-14(9-8-12(15)18-2)20(16,17)13-10-4-6-11(19-3)7-5-10/h10-11,13H,4-9H2,1-3H3. The molecule has 0 saturated heterocycles. The lowest BCUT2D eigenvalue weighted by Gasteiger charge is -2.29. The third-order valence-electron chi connectivity index (χ3n) is 3.59. The van der Waals surface area contributed by atoms with Crippen LogP contribution in [-0.2, 0) is 19.7 Å². The Labute approximate surface area is 125 Å². The number of rotatable bonds is 7. The second-order valence-corrected chi connectivity index (χ2v) is 7.93. The molecule has 0 unspecified atom stereocenters. The molecular weight excluding hydrogens is 300 g/mol. The van der Waals surface area contributed by atoms with Gasteiger partial charge in [-0.15, -0.1) is 0 Å². The van der Waals surface area contributed by atoms with Crippen LogP contribution in [0.15, 0.2) is 0 Å². The highest BCUT2D eigenvalue weighted by atomic mass is 32.2. The minimum atomic E-state index is -3.52. The van der Waals surface area contributed by atoms with Crippen LogP contribution in [0.3, 0.4) is 0 Å². The second kappa shape index (κ2) is 8.21. The van der Waals surface area contributed by atoms with Crippen molar-refractivity contribution in [2.24, 2.45) is 0 Å². The minimum absolute atomic E-state index is 0.00368. The summed E-state index contributed by atoms with van der Waals surface area (Å²) < 4.78 is 32.6. The summed E-state index contributed by atoms with van der Waals surface area (Å²) in [5.74, 6) is -0.410. The van der Waals surface area contributed by atoms with Crippen LogP contribution in [0, 0.1) is 0 Å². The van der Waals surface area contributed by atoms with Crippen molar-refractivity contribution < 1.29 is 17.9 Å². The molecule has 6 nitrogen and oxygen atoms in total. The highest BCUT2D eigenvalue weighted by Crippen LogP contribution is 2.27. The fraction of sp³-hybridized carbons (Fsp3) is 0.917. The van der Waals surface area contributed by atoms with E-state index < -0.39 is 16.2 Å². The van der Waals surface area contributed by atoms with Crippen LogP contribution in [0.1, 0.15) is 32.1 Å². The van der Waals surface area contributed by atoms with E-state index in [0.29, 0.717) is 5.25 Å². The summed E-state index contributed by atoms with van der Waals surface area (Å²) in [5, 5.41) is 0.646. The van der Waals surface area contributed by atoms with Crippen LogP contribution in [0.5, 0.6) is 0 Å². The van der Waals surface area contributed by atoms with E-state index >= 15 is 0 Å². The molecule has 1 fully saturated rings. The molecule has 1 N–H and O–H groups in total. The van der Waals surface area contributed by atoms with Crippen molar-refractivity contribution in [1.82, 2.24) is 9.03 Å². The quantitative estimate of drug-likeness (QED) is 0.707. The van der Waals surface area contributed by atoms with Gasteiger partial charge in [-0.05, 0) is 31.9 Å². The Hall–Kier alpha value is -0.310. The fourth-order valence-corrected chi connectivity index (χ4v) is 4.10. The Morgan fingerprint density at radius 1 is 1.35 bits per heavy atom. The summed E-state index contributed by atoms with van der Waals surface area (Å²) in [6.45, 7) is 0.127. The number of hydrogen-bond donors (Lipinski definition) is 1. The van der Waals surface area contributed by atoms with Crippen molar-refractivity contribution in [3.8, 4) is 0 Å². The van der Waals surface area contributed by atoms with Crippen molar-refractivity contribution in [1.29, 1.82) is 0 Å². The van der Waals surface area contributed by atoms with E-state index in [-0.39, 0.29) is 19.0 Å². The Morgan fingerprint density at radius 2 is 1.95 bits per heavy atom. The molecule has 8 heteroatoms. The molecule has 0 aromatic heterocycles. The Balaban J connectivity index is 2.42. The second-order valence-electron chi connectivity index (χ2n) is 4.98. The van der Waals surface area contributed by atoms with Crippen molar-refractivity contribution in [3.63, 3.8) is 0 Å². The fourth-order valence-electron chi connectivity index (χ4n) is 2.19. The molecule has 0 bridgehead atoms. The molecule has 0 heterocycles. The third-order valence-corrected chi connectivity index (χ3v) is 6.36. The normalized spacial score (nSPS) is 23.8. The zero-order valence-corrected chi connectivity index (χ0v) is 13.9. The predicted molar refractivity (Wildman–Crippen MR) is 80.9 cm³/mol. The monoisotopic (exact) mass is 324 g/mol. The topological polar surface area (TPSA) is 75.7 Å². The number of carbonyl (C=O) groups is 1. The smallest absolute Gasteiger partial charge is 0.306 e. The van der Waals surface area contributed by atoms with Crippen LogP contribution in [0.25, 0.3) is 0 Å². The molecule has 0 aliphatic heterocycles. The lowest BCUT2D eigenvalue weighted by molar-refractivity contribution is -0.140. The van der Waals surface area contributed by atoms with Crippen molar-refractivity contribution in [2.45, 2.75) is 43.4 Å². The number of esters is 1. The van der Waals surface area contributed by atoms with Crippen LogP contribution in [0.4, 0.5) is 0 Å². The van der Waals surface area contributed by atoms with Crippen LogP contribution < -0.4 is 4.72 Å². The summed E-state index contributed by atoms with van der Waals surface area (Å²) in [6.07, 6.45) is 5.98. The number of methoxy groups -OCH3 is 1. The SMILES string of the molecule is COC(=O)CCN(C)S(=O)(=O)NC1CCC(SC)CC1. The van der Waals surface area contributed by atoms with Gasteiger partial charge in [0.2, 0.25) is 0 Å². The lowest BCUT2D eigenvalue weighted by Crippen LogP contribution is -2.45. The van der Waals surface area contributed by atoms with Gasteiger partial charge in [0.25, 0.3) is 10.2 Å². The van der Waals surface area contributed by atoms with E-state index in [1.54, 1.807) is 0 Å². The highest BCUT2D eigenvalue weighted by Gasteiger charge is 2.26. The first kappa shape index (κ1) is 17.7. The van der Waals surface area contributed by atoms with E-state index in [0.717, 1.165) is 25.7 Å². The molecule has 0 atom stereocenters. The summed E-state index contributed by atoms with van der Waals surface area (Å²) in [7, 11) is -0.757. The van der Waals surface area contributed by atoms with E-state index in [9.17, 15) is 13.2 Å². The number of ether oxygens (including phenoxy) is 1. The molecule has 118 valence electrons. The summed E-state index contributed by atoms with van der Waals surface area (Å²) in [5.41, 5.74) is 0. The first-order valence-corrected chi connectivity index (χ1v) is 9.45. The van der Waals surface area contributed by atoms with E-state index in [2.05, 4.69) is 15.7 Å². The number of carbonyl (C=O) groups excluding carboxylic acids is 1. The van der Waals surface area contributed by atoms with Crippen LogP contribution >= 0.6 is 11.8 Å². The van der Waals surface area contributed by atoms with Gasteiger partial charge in [-0.3, -0.25) is 4.79 Å². The molecule has 0 aromatic carbocycles. The molecule has 0 spiro atoms. The van der Waals surface area contributed by atoms with Crippen molar-refractivity contribution in [3.05, 3.63) is 0 Å². The van der Waals surface area contributed by atoms with Crippen LogP contribution in [0.2, 0.25) is 0 Å². The van der Waals surface area contributed by atoms with Gasteiger partial charge < -0.3 is 4.74 Å². The minimum Gasteiger partial charge on any atom is -0.469 e. The van der Waals surface area contributed by atoms with E-state index in [1.807, 2.05) is 11.8 Å². The van der Waals surface area contributed by atoms with E-state index in [4.69, 9.17) is 0 Å². The number of nitrogens with zero attached hydrogens (tertiary/aromatic N) is 1. The Kier molecular flexibility index (Phi) is 7.28. The van der Waals surface area contributed by atoms with Gasteiger partial charge in [0.1, 0.15) is 0 Å². The maximum atomic E-state index is 12.1. The van der Waals surface area contributed by atoms with E-state index in [1.165, 1.54) is 18.5 Å². The molecule has 1 rings (SSSR count). The first-order valence-electron chi connectivity index (χ1n) is 6.72. The molecule has 0 radical (unpaired) electrons. The number of nitrogens with one attached hydrogen (secondary N) is 1. The van der Waals surface area contributed by atoms with Crippen molar-refractivity contribution in [2.75, 3.05) is 27.0 Å². The lowest BCUT2D eigenvalue weighted by atomic mass is 9.96. The summed E-state index contributed by atoms with van der Waals surface area (Å²) in [6, 6.07) is 0.00368. The zero-order valence-electron chi connectivity index (χ0n) is 12.3. The zero-order chi connectivity index (χ0) is 15.2. The largest absolute Gasteiger partial charge is 0.469 e. The molecule has 1 saturated carbocycles. The maximum Gasteiger partial charge on any atom is 0.306 e. The van der Waals surface area contributed by atoms with Gasteiger partial charge in [0.05, 0.1) is 13.5 Å². The molecule has 0 aromatic rings. The van der Waals surface area contributed by atoms with Gasteiger partial charge in [0.15, 0.2) is 0 Å². The van der Waals surface area contributed by atoms with Crippen LogP contribution in [-0.4, -0.2) is 56.9 Å². The number of hydrogen-bond acceptors (Lipinski definition) is 5. The average Bonchev–Trinajstić information content (AvgIpc) is 2.44. The highest BCUT2D eigenvalue weighted by molar-refractivity contribution is 7.99. The van der Waals surface area contributed by atoms with Gasteiger partial charge in [-0.25, -0.2) is 0 Å². The van der Waals surface area contributed by atoms with Gasteiger partial charge >= 0.3 is 5.97 Å². The third kappa shape index (κ3) is 5.59. The molecule has 1 aliphatic rings.